The highest BCUT2D eigenvalue weighted by molar-refractivity contribution is 6.00. The van der Waals surface area contributed by atoms with E-state index in [4.69, 9.17) is 9.98 Å². The molecule has 1 aromatic rings. The van der Waals surface area contributed by atoms with Crippen LogP contribution in [0.25, 0.3) is 0 Å². The summed E-state index contributed by atoms with van der Waals surface area (Å²) >= 11 is 0. The minimum Gasteiger partial charge on any atom is -0.372 e. The second kappa shape index (κ2) is 12.4. The van der Waals surface area contributed by atoms with E-state index in [1.54, 1.807) is 0 Å². The molecule has 3 atom stereocenters. The molecule has 1 saturated carbocycles. The Bertz CT molecular complexity index is 964. The van der Waals surface area contributed by atoms with Crippen LogP contribution in [0.1, 0.15) is 111 Å². The number of benzene rings is 1. The van der Waals surface area contributed by atoms with Crippen LogP contribution in [0.5, 0.6) is 0 Å². The first-order chi connectivity index (χ1) is 17.0. The van der Waals surface area contributed by atoms with Crippen molar-refractivity contribution in [2.24, 2.45) is 33.7 Å². The van der Waals surface area contributed by atoms with Crippen LogP contribution < -0.4 is 5.32 Å². The lowest BCUT2D eigenvalue weighted by Crippen LogP contribution is -2.40. The Morgan fingerprint density at radius 1 is 0.861 bits per heavy atom. The number of nitrogens with zero attached hydrogens (tertiary/aromatic N) is 2. The molecule has 36 heavy (non-hydrogen) atoms. The Hall–Kier alpha value is -2.16. The van der Waals surface area contributed by atoms with Gasteiger partial charge in [0.2, 0.25) is 0 Å². The zero-order valence-corrected chi connectivity index (χ0v) is 24.6. The third-order valence-electron chi connectivity index (χ3n) is 8.36. The Balaban J connectivity index is 1.88. The summed E-state index contributed by atoms with van der Waals surface area (Å²) in [5.41, 5.74) is 7.16. The monoisotopic (exact) mass is 489 g/mol. The van der Waals surface area contributed by atoms with Crippen molar-refractivity contribution in [2.45, 2.75) is 112 Å². The molecule has 3 rings (SSSR count). The number of allylic oxidation sites excluding steroid dienone is 3. The van der Waals surface area contributed by atoms with Gasteiger partial charge < -0.3 is 5.32 Å². The Kier molecular flexibility index (Phi) is 9.78. The van der Waals surface area contributed by atoms with E-state index in [1.165, 1.54) is 30.4 Å². The quantitative estimate of drug-likeness (QED) is 0.363. The number of hydrogen-bond acceptors (Lipinski definition) is 3. The van der Waals surface area contributed by atoms with Crippen molar-refractivity contribution >= 4 is 17.1 Å². The molecule has 0 radical (unpaired) electrons. The number of hydrogen-bond donors (Lipinski definition) is 1. The van der Waals surface area contributed by atoms with Crippen molar-refractivity contribution in [2.75, 3.05) is 0 Å². The summed E-state index contributed by atoms with van der Waals surface area (Å²) in [6, 6.07) is 7.12. The summed E-state index contributed by atoms with van der Waals surface area (Å²) in [5, 5.41) is 3.76. The van der Waals surface area contributed by atoms with Crippen molar-refractivity contribution in [3.63, 3.8) is 0 Å². The lowest BCUT2D eigenvalue weighted by molar-refractivity contribution is 0.142. The first-order valence-corrected chi connectivity index (χ1v) is 14.4. The highest BCUT2D eigenvalue weighted by atomic mass is 15.0. The Labute approximate surface area is 221 Å². The van der Waals surface area contributed by atoms with Gasteiger partial charge in [-0.05, 0) is 79.4 Å². The fraction of sp³-hybridized carbons (Fsp3) is 0.636. The van der Waals surface area contributed by atoms with Crippen molar-refractivity contribution < 1.29 is 0 Å². The molecule has 1 aromatic carbocycles. The van der Waals surface area contributed by atoms with Crippen molar-refractivity contribution in [1.82, 2.24) is 5.32 Å². The zero-order valence-electron chi connectivity index (χ0n) is 24.6. The SMILES string of the molecule is CC(=NC1C(C(C)C)CCCC1C(C)C)C1=CC=CC(C(C)=Nc2c(C(C)C)cccc2C(C)C)N1. The van der Waals surface area contributed by atoms with E-state index >= 15 is 0 Å². The Morgan fingerprint density at radius 3 is 1.92 bits per heavy atom. The third kappa shape index (κ3) is 6.58. The number of nitrogens with one attached hydrogen (secondary N) is 1. The first-order valence-electron chi connectivity index (χ1n) is 14.4. The molecule has 1 N–H and O–H groups in total. The highest BCUT2D eigenvalue weighted by Crippen LogP contribution is 2.40. The normalized spacial score (nSPS) is 25.7. The number of aliphatic imine (C=N–C) groups is 2. The number of para-hydroxylation sites is 1. The molecule has 3 unspecified atom stereocenters. The number of rotatable bonds is 8. The van der Waals surface area contributed by atoms with Crippen LogP contribution in [0, 0.1) is 23.7 Å². The molecular weight excluding hydrogens is 438 g/mol. The molecule has 1 aliphatic heterocycles. The van der Waals surface area contributed by atoms with Gasteiger partial charge in [-0.25, -0.2) is 0 Å². The summed E-state index contributed by atoms with van der Waals surface area (Å²) in [5.74, 6) is 3.55. The summed E-state index contributed by atoms with van der Waals surface area (Å²) < 4.78 is 0. The molecule has 0 aromatic heterocycles. The van der Waals surface area contributed by atoms with Gasteiger partial charge in [-0.3, -0.25) is 9.98 Å². The van der Waals surface area contributed by atoms with Gasteiger partial charge in [-0.1, -0.05) is 92.2 Å². The van der Waals surface area contributed by atoms with E-state index in [1.807, 2.05) is 0 Å². The summed E-state index contributed by atoms with van der Waals surface area (Å²) in [7, 11) is 0. The minimum absolute atomic E-state index is 0.0727. The molecule has 3 nitrogen and oxygen atoms in total. The highest BCUT2D eigenvalue weighted by Gasteiger charge is 2.36. The molecular formula is C33H51N3. The standard InChI is InChI=1S/C33H51N3/c1-20(2)26-14-11-15-27(21(3)4)32(26)34-24(9)30-18-13-19-31(36-30)25(10)35-33-28(22(5)6)16-12-17-29(33)23(7)8/h11,13-15,18-23,28-30,33,36H,12,16-17H2,1-10H3. The van der Waals surface area contributed by atoms with Gasteiger partial charge in [-0.15, -0.1) is 0 Å². The van der Waals surface area contributed by atoms with Crippen LogP contribution in [0.3, 0.4) is 0 Å². The molecule has 0 saturated heterocycles. The largest absolute Gasteiger partial charge is 0.372 e. The average Bonchev–Trinajstić information content (AvgIpc) is 2.83. The molecule has 198 valence electrons. The van der Waals surface area contributed by atoms with Crippen molar-refractivity contribution in [3.05, 3.63) is 53.3 Å². The van der Waals surface area contributed by atoms with Crippen LogP contribution in [0.15, 0.2) is 52.1 Å². The lowest BCUT2D eigenvalue weighted by atomic mass is 9.69. The lowest BCUT2D eigenvalue weighted by Gasteiger charge is -2.40. The second-order valence-electron chi connectivity index (χ2n) is 12.4. The molecule has 2 aliphatic rings. The van der Waals surface area contributed by atoms with E-state index < -0.39 is 0 Å². The van der Waals surface area contributed by atoms with E-state index in [0.29, 0.717) is 41.5 Å². The van der Waals surface area contributed by atoms with Crippen molar-refractivity contribution in [3.8, 4) is 0 Å². The van der Waals surface area contributed by atoms with Gasteiger partial charge in [0, 0.05) is 5.71 Å². The topological polar surface area (TPSA) is 36.8 Å². The molecule has 0 bridgehead atoms. The maximum Gasteiger partial charge on any atom is 0.0831 e. The zero-order chi connectivity index (χ0) is 26.6. The fourth-order valence-corrected chi connectivity index (χ4v) is 6.07. The number of dihydropyridines is 1. The van der Waals surface area contributed by atoms with Gasteiger partial charge in [-0.2, -0.15) is 0 Å². The van der Waals surface area contributed by atoms with Crippen molar-refractivity contribution in [1.29, 1.82) is 0 Å². The molecule has 1 fully saturated rings. The summed E-state index contributed by atoms with van der Waals surface area (Å²) in [4.78, 5) is 10.7. The predicted octanol–water partition coefficient (Wildman–Crippen LogP) is 9.00. The van der Waals surface area contributed by atoms with Gasteiger partial charge in [0.25, 0.3) is 0 Å². The van der Waals surface area contributed by atoms with E-state index in [0.717, 1.165) is 22.8 Å². The molecule has 3 heteroatoms. The molecule has 0 amide bonds. The van der Waals surface area contributed by atoms with Gasteiger partial charge in [0.15, 0.2) is 0 Å². The molecule has 1 aliphatic carbocycles. The van der Waals surface area contributed by atoms with E-state index in [2.05, 4.69) is 111 Å². The van der Waals surface area contributed by atoms with Crippen LogP contribution >= 0.6 is 0 Å². The minimum atomic E-state index is 0.0727. The molecule has 0 spiro atoms. The second-order valence-corrected chi connectivity index (χ2v) is 12.4. The Morgan fingerprint density at radius 2 is 1.42 bits per heavy atom. The first kappa shape index (κ1) is 28.4. The van der Waals surface area contributed by atoms with E-state index in [-0.39, 0.29) is 6.04 Å². The maximum atomic E-state index is 5.43. The van der Waals surface area contributed by atoms with Crippen LogP contribution in [-0.2, 0) is 0 Å². The molecule has 1 heterocycles. The summed E-state index contributed by atoms with van der Waals surface area (Å²) in [6.07, 6.45) is 10.5. The van der Waals surface area contributed by atoms with Crippen LogP contribution in [0.2, 0.25) is 0 Å². The average molecular weight is 490 g/mol. The van der Waals surface area contributed by atoms with E-state index in [9.17, 15) is 0 Å². The van der Waals surface area contributed by atoms with Gasteiger partial charge in [0.1, 0.15) is 0 Å². The smallest absolute Gasteiger partial charge is 0.0831 e. The predicted molar refractivity (Wildman–Crippen MR) is 159 cm³/mol. The van der Waals surface area contributed by atoms with Crippen LogP contribution in [-0.4, -0.2) is 23.5 Å². The fourth-order valence-electron chi connectivity index (χ4n) is 6.07. The maximum absolute atomic E-state index is 5.43. The third-order valence-corrected chi connectivity index (χ3v) is 8.36. The van der Waals surface area contributed by atoms with Crippen LogP contribution in [0.4, 0.5) is 5.69 Å². The van der Waals surface area contributed by atoms with Gasteiger partial charge >= 0.3 is 0 Å². The summed E-state index contributed by atoms with van der Waals surface area (Å²) in [6.45, 7) is 22.9. The van der Waals surface area contributed by atoms with Gasteiger partial charge in [0.05, 0.1) is 29.2 Å².